The molecule has 0 bridgehead atoms. The summed E-state index contributed by atoms with van der Waals surface area (Å²) in [6.07, 6.45) is 0. The Hall–Kier alpha value is -1.27. The molecule has 0 aromatic carbocycles. The molecule has 0 aliphatic carbocycles. The molecule has 0 saturated heterocycles. The van der Waals surface area contributed by atoms with E-state index in [1.54, 1.807) is 0 Å². The first kappa shape index (κ1) is 7.83. The molecule has 3 nitrogen and oxygen atoms in total. The number of hydrogen-bond donors (Lipinski definition) is 1. The molecule has 0 aliphatic heterocycles. The van der Waals surface area contributed by atoms with Gasteiger partial charge in [-0.05, 0) is 18.6 Å². The van der Waals surface area contributed by atoms with Gasteiger partial charge in [0.15, 0.2) is 0 Å². The minimum Gasteiger partial charge on any atom is -0.340 e. The lowest BCUT2D eigenvalue weighted by molar-refractivity contribution is 0.853. The van der Waals surface area contributed by atoms with Gasteiger partial charge in [0.05, 0.1) is 0 Å². The standard InChI is InChI=1S/C8H11N3/c1-6-7(4-9)3-8(5-10)11(6)2/h3H,4,9H2,1-2H3. The van der Waals surface area contributed by atoms with Crippen molar-refractivity contribution in [2.45, 2.75) is 13.5 Å². The lowest BCUT2D eigenvalue weighted by Crippen LogP contribution is -1.99. The predicted octanol–water partition coefficient (Wildman–Crippen LogP) is 0.664. The molecule has 2 N–H and O–H groups in total. The molecule has 1 heterocycles. The number of rotatable bonds is 1. The second kappa shape index (κ2) is 2.77. The number of nitriles is 1. The minimum atomic E-state index is 0.501. The molecule has 0 aliphatic rings. The van der Waals surface area contributed by atoms with Crippen LogP contribution in [0.1, 0.15) is 17.0 Å². The van der Waals surface area contributed by atoms with Crippen LogP contribution in [0.4, 0.5) is 0 Å². The van der Waals surface area contributed by atoms with Gasteiger partial charge in [0.2, 0.25) is 0 Å². The summed E-state index contributed by atoms with van der Waals surface area (Å²) in [6.45, 7) is 2.46. The van der Waals surface area contributed by atoms with Gasteiger partial charge in [0.1, 0.15) is 11.8 Å². The molecule has 0 radical (unpaired) electrons. The Bertz CT molecular complexity index is 304. The maximum Gasteiger partial charge on any atom is 0.120 e. The highest BCUT2D eigenvalue weighted by atomic mass is 15.0. The van der Waals surface area contributed by atoms with Gasteiger partial charge in [0, 0.05) is 19.3 Å². The zero-order chi connectivity index (χ0) is 8.43. The first-order valence-electron chi connectivity index (χ1n) is 3.46. The Balaban J connectivity index is 3.26. The van der Waals surface area contributed by atoms with Crippen molar-refractivity contribution < 1.29 is 0 Å². The summed E-state index contributed by atoms with van der Waals surface area (Å²) in [4.78, 5) is 0. The molecule has 0 unspecified atom stereocenters. The van der Waals surface area contributed by atoms with E-state index < -0.39 is 0 Å². The van der Waals surface area contributed by atoms with Crippen LogP contribution in [-0.4, -0.2) is 4.57 Å². The van der Waals surface area contributed by atoms with Crippen LogP contribution in [0.15, 0.2) is 6.07 Å². The number of hydrogen-bond acceptors (Lipinski definition) is 2. The maximum atomic E-state index is 8.64. The predicted molar refractivity (Wildman–Crippen MR) is 42.8 cm³/mol. The van der Waals surface area contributed by atoms with Crippen LogP contribution in [0, 0.1) is 18.3 Å². The van der Waals surface area contributed by atoms with E-state index in [9.17, 15) is 0 Å². The molecule has 0 atom stereocenters. The number of aromatic nitrogens is 1. The molecule has 58 valence electrons. The summed E-state index contributed by atoms with van der Waals surface area (Å²) in [6, 6.07) is 3.93. The van der Waals surface area contributed by atoms with Gasteiger partial charge in [-0.25, -0.2) is 0 Å². The van der Waals surface area contributed by atoms with Crippen molar-refractivity contribution >= 4 is 0 Å². The van der Waals surface area contributed by atoms with E-state index in [4.69, 9.17) is 11.0 Å². The van der Waals surface area contributed by atoms with Crippen LogP contribution in [0.2, 0.25) is 0 Å². The monoisotopic (exact) mass is 149 g/mol. The molecule has 0 fully saturated rings. The van der Waals surface area contributed by atoms with E-state index in [2.05, 4.69) is 6.07 Å². The third kappa shape index (κ3) is 1.13. The topological polar surface area (TPSA) is 54.7 Å². The van der Waals surface area contributed by atoms with Crippen molar-refractivity contribution in [3.8, 4) is 6.07 Å². The SMILES string of the molecule is Cc1c(CN)cc(C#N)n1C. The van der Waals surface area contributed by atoms with Gasteiger partial charge < -0.3 is 10.3 Å². The number of nitrogens with zero attached hydrogens (tertiary/aromatic N) is 2. The second-order valence-electron chi connectivity index (χ2n) is 2.52. The molecule has 11 heavy (non-hydrogen) atoms. The van der Waals surface area contributed by atoms with Crippen molar-refractivity contribution in [1.29, 1.82) is 5.26 Å². The van der Waals surface area contributed by atoms with Gasteiger partial charge in [0.25, 0.3) is 0 Å². The molecule has 0 saturated carbocycles. The Kier molecular flexibility index (Phi) is 1.97. The Labute approximate surface area is 66.0 Å². The first-order valence-corrected chi connectivity index (χ1v) is 3.46. The molecule has 0 amide bonds. The Morgan fingerprint density at radius 2 is 2.36 bits per heavy atom. The summed E-state index contributed by atoms with van der Waals surface area (Å²) >= 11 is 0. The van der Waals surface area contributed by atoms with Crippen molar-refractivity contribution in [3.63, 3.8) is 0 Å². The summed E-state index contributed by atoms with van der Waals surface area (Å²) in [5.74, 6) is 0. The highest BCUT2D eigenvalue weighted by molar-refractivity contribution is 5.33. The van der Waals surface area contributed by atoms with Gasteiger partial charge in [-0.2, -0.15) is 5.26 Å². The first-order chi connectivity index (χ1) is 5.20. The summed E-state index contributed by atoms with van der Waals surface area (Å²) in [7, 11) is 1.87. The average molecular weight is 149 g/mol. The number of nitrogens with two attached hydrogens (primary N) is 1. The molecule has 1 aromatic rings. The van der Waals surface area contributed by atoms with Crippen LogP contribution in [0.5, 0.6) is 0 Å². The molecular weight excluding hydrogens is 138 g/mol. The van der Waals surface area contributed by atoms with Gasteiger partial charge in [-0.15, -0.1) is 0 Å². The fourth-order valence-corrected chi connectivity index (χ4v) is 1.08. The summed E-state index contributed by atoms with van der Waals surface area (Å²) in [5.41, 5.74) is 8.25. The average Bonchev–Trinajstić information content (AvgIpc) is 2.30. The van der Waals surface area contributed by atoms with Crippen LogP contribution >= 0.6 is 0 Å². The van der Waals surface area contributed by atoms with E-state index in [0.717, 1.165) is 11.3 Å². The fourth-order valence-electron chi connectivity index (χ4n) is 1.08. The normalized spacial score (nSPS) is 9.64. The van der Waals surface area contributed by atoms with Gasteiger partial charge in [-0.3, -0.25) is 0 Å². The third-order valence-corrected chi connectivity index (χ3v) is 1.97. The van der Waals surface area contributed by atoms with E-state index >= 15 is 0 Å². The molecule has 0 spiro atoms. The lowest BCUT2D eigenvalue weighted by atomic mass is 10.2. The third-order valence-electron chi connectivity index (χ3n) is 1.97. The quantitative estimate of drug-likeness (QED) is 0.637. The zero-order valence-electron chi connectivity index (χ0n) is 6.76. The van der Waals surface area contributed by atoms with Gasteiger partial charge in [-0.1, -0.05) is 0 Å². The molecule has 1 rings (SSSR count). The highest BCUT2D eigenvalue weighted by Crippen LogP contribution is 2.11. The van der Waals surface area contributed by atoms with E-state index in [1.165, 1.54) is 0 Å². The van der Waals surface area contributed by atoms with Crippen molar-refractivity contribution in [2.75, 3.05) is 0 Å². The Morgan fingerprint density at radius 1 is 1.73 bits per heavy atom. The van der Waals surface area contributed by atoms with Crippen LogP contribution in [0.3, 0.4) is 0 Å². The van der Waals surface area contributed by atoms with Crippen LogP contribution < -0.4 is 5.73 Å². The highest BCUT2D eigenvalue weighted by Gasteiger charge is 2.05. The van der Waals surface area contributed by atoms with E-state index in [0.29, 0.717) is 12.2 Å². The summed E-state index contributed by atoms with van der Waals surface area (Å²) in [5, 5.41) is 8.64. The smallest absolute Gasteiger partial charge is 0.120 e. The molecule has 1 aromatic heterocycles. The van der Waals surface area contributed by atoms with E-state index in [1.807, 2.05) is 24.6 Å². The van der Waals surface area contributed by atoms with Crippen molar-refractivity contribution in [2.24, 2.45) is 12.8 Å². The second-order valence-corrected chi connectivity index (χ2v) is 2.52. The maximum absolute atomic E-state index is 8.64. The van der Waals surface area contributed by atoms with Crippen LogP contribution in [-0.2, 0) is 13.6 Å². The van der Waals surface area contributed by atoms with Crippen molar-refractivity contribution in [3.05, 3.63) is 23.0 Å². The van der Waals surface area contributed by atoms with Crippen molar-refractivity contribution in [1.82, 2.24) is 4.57 Å². The fraction of sp³-hybridized carbons (Fsp3) is 0.375. The summed E-state index contributed by atoms with van der Waals surface area (Å²) < 4.78 is 1.85. The molecular formula is C8H11N3. The van der Waals surface area contributed by atoms with E-state index in [-0.39, 0.29) is 0 Å². The largest absolute Gasteiger partial charge is 0.340 e. The molecule has 3 heteroatoms. The lowest BCUT2D eigenvalue weighted by Gasteiger charge is -1.97. The minimum absolute atomic E-state index is 0.501. The Morgan fingerprint density at radius 3 is 2.64 bits per heavy atom. The van der Waals surface area contributed by atoms with Crippen LogP contribution in [0.25, 0.3) is 0 Å². The zero-order valence-corrected chi connectivity index (χ0v) is 6.76. The van der Waals surface area contributed by atoms with Gasteiger partial charge >= 0.3 is 0 Å².